The number of carbonyl (C=O) groups is 1. The van der Waals surface area contributed by atoms with Crippen molar-refractivity contribution < 1.29 is 15.0 Å². The zero-order chi connectivity index (χ0) is 11.7. The van der Waals surface area contributed by atoms with Crippen molar-refractivity contribution in [3.8, 4) is 5.75 Å². The molecule has 1 aliphatic rings. The number of aromatic hydroxyl groups is 1. The van der Waals surface area contributed by atoms with Crippen LogP contribution in [0.15, 0.2) is 18.2 Å². The lowest BCUT2D eigenvalue weighted by molar-refractivity contribution is -0.137. The van der Waals surface area contributed by atoms with Crippen molar-refractivity contribution in [2.24, 2.45) is 5.92 Å². The molecule has 1 fully saturated rings. The van der Waals surface area contributed by atoms with E-state index in [-0.39, 0.29) is 23.1 Å². The van der Waals surface area contributed by atoms with Crippen LogP contribution in [0, 0.1) is 5.92 Å². The Hall–Kier alpha value is -1.22. The monoisotopic (exact) mass is 240 g/mol. The molecule has 16 heavy (non-hydrogen) atoms. The number of para-hydroxylation sites is 1. The maximum absolute atomic E-state index is 10.8. The predicted octanol–water partition coefficient (Wildman–Crippen LogP) is 3.01. The van der Waals surface area contributed by atoms with Gasteiger partial charge in [0.25, 0.3) is 0 Å². The molecule has 2 N–H and O–H groups in total. The Kier molecular flexibility index (Phi) is 3.06. The molecule has 3 nitrogen and oxygen atoms in total. The minimum absolute atomic E-state index is 0.0299. The highest BCUT2D eigenvalue weighted by Crippen LogP contribution is 2.47. The first kappa shape index (κ1) is 11.3. The fourth-order valence-electron chi connectivity index (χ4n) is 2.05. The summed E-state index contributed by atoms with van der Waals surface area (Å²) in [5.41, 5.74) is 0.664. The van der Waals surface area contributed by atoms with E-state index in [2.05, 4.69) is 0 Å². The van der Waals surface area contributed by atoms with Crippen molar-refractivity contribution in [3.63, 3.8) is 0 Å². The van der Waals surface area contributed by atoms with Crippen LogP contribution < -0.4 is 0 Å². The van der Waals surface area contributed by atoms with Crippen molar-refractivity contribution in [2.45, 2.75) is 25.2 Å². The van der Waals surface area contributed by atoms with Crippen LogP contribution in [0.2, 0.25) is 5.02 Å². The van der Waals surface area contributed by atoms with Gasteiger partial charge in [-0.25, -0.2) is 0 Å². The maximum Gasteiger partial charge on any atom is 0.303 e. The summed E-state index contributed by atoms with van der Waals surface area (Å²) < 4.78 is 0. The highest BCUT2D eigenvalue weighted by Gasteiger charge is 2.35. The number of phenolic OH excluding ortho intramolecular Hbond substituents is 1. The molecule has 1 aliphatic carbocycles. The molecule has 0 bridgehead atoms. The van der Waals surface area contributed by atoms with E-state index < -0.39 is 5.97 Å². The minimum Gasteiger partial charge on any atom is -0.506 e. The number of aliphatic carboxylic acids is 1. The van der Waals surface area contributed by atoms with Gasteiger partial charge in [0.2, 0.25) is 0 Å². The van der Waals surface area contributed by atoms with Crippen LogP contribution in [0.3, 0.4) is 0 Å². The fourth-order valence-corrected chi connectivity index (χ4v) is 2.23. The van der Waals surface area contributed by atoms with Gasteiger partial charge in [-0.2, -0.15) is 0 Å². The van der Waals surface area contributed by atoms with E-state index in [4.69, 9.17) is 16.7 Å². The number of halogens is 1. The van der Waals surface area contributed by atoms with Crippen LogP contribution in [-0.2, 0) is 4.79 Å². The van der Waals surface area contributed by atoms with Gasteiger partial charge in [0.1, 0.15) is 5.75 Å². The van der Waals surface area contributed by atoms with Gasteiger partial charge in [-0.3, -0.25) is 4.79 Å². The van der Waals surface area contributed by atoms with Crippen molar-refractivity contribution in [1.29, 1.82) is 0 Å². The van der Waals surface area contributed by atoms with Gasteiger partial charge in [0.15, 0.2) is 0 Å². The van der Waals surface area contributed by atoms with E-state index in [1.807, 2.05) is 0 Å². The number of hydrogen-bond donors (Lipinski definition) is 2. The highest BCUT2D eigenvalue weighted by molar-refractivity contribution is 6.32. The molecule has 0 radical (unpaired) electrons. The molecule has 0 heterocycles. The van der Waals surface area contributed by atoms with Gasteiger partial charge < -0.3 is 10.2 Å². The van der Waals surface area contributed by atoms with Crippen molar-refractivity contribution in [2.75, 3.05) is 0 Å². The molecule has 0 saturated heterocycles. The van der Waals surface area contributed by atoms with Gasteiger partial charge in [-0.05, 0) is 30.4 Å². The van der Waals surface area contributed by atoms with Gasteiger partial charge in [-0.1, -0.05) is 23.7 Å². The standard InChI is InChI=1S/C12H13ClO3/c13-10-3-1-2-8(12(10)16)9(6-11(14)15)7-4-5-7/h1-3,7,9,16H,4-6H2,(H,14,15). The zero-order valence-corrected chi connectivity index (χ0v) is 9.44. The van der Waals surface area contributed by atoms with Crippen molar-refractivity contribution >= 4 is 17.6 Å². The molecule has 1 atom stereocenters. The van der Waals surface area contributed by atoms with Crippen LogP contribution in [0.4, 0.5) is 0 Å². The van der Waals surface area contributed by atoms with Crippen LogP contribution in [0.25, 0.3) is 0 Å². The molecular formula is C12H13ClO3. The van der Waals surface area contributed by atoms with Gasteiger partial charge in [0.05, 0.1) is 11.4 Å². The van der Waals surface area contributed by atoms with Crippen molar-refractivity contribution in [3.05, 3.63) is 28.8 Å². The van der Waals surface area contributed by atoms with Crippen molar-refractivity contribution in [1.82, 2.24) is 0 Å². The lowest BCUT2D eigenvalue weighted by atomic mass is 9.90. The first-order valence-corrected chi connectivity index (χ1v) is 5.66. The van der Waals surface area contributed by atoms with E-state index in [0.717, 1.165) is 12.8 Å². The summed E-state index contributed by atoms with van der Waals surface area (Å²) in [5.74, 6) is -0.546. The molecule has 0 aliphatic heterocycles. The molecule has 0 aromatic heterocycles. The van der Waals surface area contributed by atoms with E-state index >= 15 is 0 Å². The molecule has 1 aromatic rings. The summed E-state index contributed by atoms with van der Waals surface area (Å²) in [6.07, 6.45) is 2.12. The average Bonchev–Trinajstić information content (AvgIpc) is 3.02. The molecule has 1 aromatic carbocycles. The van der Waals surface area contributed by atoms with E-state index in [1.165, 1.54) is 0 Å². The molecule has 0 amide bonds. The second-order valence-corrected chi connectivity index (χ2v) is 4.63. The lowest BCUT2D eigenvalue weighted by Crippen LogP contribution is -2.08. The molecule has 0 spiro atoms. The summed E-state index contributed by atoms with van der Waals surface area (Å²) in [6.45, 7) is 0. The third-order valence-corrected chi connectivity index (χ3v) is 3.31. The zero-order valence-electron chi connectivity index (χ0n) is 8.69. The second-order valence-electron chi connectivity index (χ2n) is 4.22. The Morgan fingerprint density at radius 2 is 2.19 bits per heavy atom. The van der Waals surface area contributed by atoms with Gasteiger partial charge in [0, 0.05) is 5.92 Å². The number of benzene rings is 1. The number of rotatable bonds is 4. The predicted molar refractivity (Wildman–Crippen MR) is 60.8 cm³/mol. The van der Waals surface area contributed by atoms with Crippen LogP contribution in [-0.4, -0.2) is 16.2 Å². The number of carboxylic acids is 1. The smallest absolute Gasteiger partial charge is 0.303 e. The summed E-state index contributed by atoms with van der Waals surface area (Å²) in [4.78, 5) is 10.8. The summed E-state index contributed by atoms with van der Waals surface area (Å²) in [6, 6.07) is 5.10. The topological polar surface area (TPSA) is 57.5 Å². The molecule has 86 valence electrons. The fraction of sp³-hybridized carbons (Fsp3) is 0.417. The Morgan fingerprint density at radius 1 is 1.50 bits per heavy atom. The first-order valence-electron chi connectivity index (χ1n) is 5.28. The molecule has 1 saturated carbocycles. The first-order chi connectivity index (χ1) is 7.59. The minimum atomic E-state index is -0.837. The lowest BCUT2D eigenvalue weighted by Gasteiger charge is -2.16. The highest BCUT2D eigenvalue weighted by atomic mass is 35.5. The summed E-state index contributed by atoms with van der Waals surface area (Å²) in [7, 11) is 0. The molecular weight excluding hydrogens is 228 g/mol. The Labute approximate surface area is 98.7 Å². The average molecular weight is 241 g/mol. The maximum atomic E-state index is 10.8. The van der Waals surface area contributed by atoms with E-state index in [9.17, 15) is 9.90 Å². The number of carboxylic acid groups (broad SMARTS) is 1. The molecule has 2 rings (SSSR count). The van der Waals surface area contributed by atoms with E-state index in [1.54, 1.807) is 18.2 Å². The van der Waals surface area contributed by atoms with Gasteiger partial charge >= 0.3 is 5.97 Å². The van der Waals surface area contributed by atoms with Crippen LogP contribution in [0.1, 0.15) is 30.7 Å². The normalized spacial score (nSPS) is 17.1. The molecule has 4 heteroatoms. The van der Waals surface area contributed by atoms with Gasteiger partial charge in [-0.15, -0.1) is 0 Å². The van der Waals surface area contributed by atoms with E-state index in [0.29, 0.717) is 11.5 Å². The number of hydrogen-bond acceptors (Lipinski definition) is 2. The third kappa shape index (κ3) is 2.30. The Bertz CT molecular complexity index is 413. The third-order valence-electron chi connectivity index (χ3n) is 3.00. The Morgan fingerprint density at radius 3 is 2.75 bits per heavy atom. The van der Waals surface area contributed by atoms with Crippen LogP contribution in [0.5, 0.6) is 5.75 Å². The second kappa shape index (κ2) is 4.34. The summed E-state index contributed by atoms with van der Waals surface area (Å²) >= 11 is 5.82. The number of phenols is 1. The largest absolute Gasteiger partial charge is 0.506 e. The molecule has 1 unspecified atom stereocenters. The van der Waals surface area contributed by atoms with Crippen LogP contribution >= 0.6 is 11.6 Å². The Balaban J connectivity index is 2.30. The summed E-state index contributed by atoms with van der Waals surface area (Å²) in [5, 5.41) is 19.0. The quantitative estimate of drug-likeness (QED) is 0.851. The SMILES string of the molecule is O=C(O)CC(c1cccc(Cl)c1O)C1CC1.